The van der Waals surface area contributed by atoms with Gasteiger partial charge in [0, 0.05) is 6.42 Å². The molecular weight excluding hydrogens is 344 g/mol. The van der Waals surface area contributed by atoms with Gasteiger partial charge in [-0.3, -0.25) is 14.1 Å². The molecule has 0 aliphatic carbocycles. The summed E-state index contributed by atoms with van der Waals surface area (Å²) in [6.07, 6.45) is 0.766. The predicted molar refractivity (Wildman–Crippen MR) is 106 cm³/mol. The Bertz CT molecular complexity index is 780. The van der Waals surface area contributed by atoms with Gasteiger partial charge >= 0.3 is 5.97 Å². The lowest BCUT2D eigenvalue weighted by molar-refractivity contribution is -0.143. The number of primary amides is 1. The Kier molecular flexibility index (Phi) is 6.96. The van der Waals surface area contributed by atoms with E-state index in [1.165, 1.54) is 5.69 Å². The largest absolute Gasteiger partial charge is 0.493 e. The van der Waals surface area contributed by atoms with Crippen molar-refractivity contribution in [3.05, 3.63) is 59.7 Å². The summed E-state index contributed by atoms with van der Waals surface area (Å²) in [6.45, 7) is 0.588. The molecule has 6 heteroatoms. The highest BCUT2D eigenvalue weighted by Crippen LogP contribution is 2.18. The van der Waals surface area contributed by atoms with Crippen LogP contribution in [0.4, 0.5) is 5.69 Å². The van der Waals surface area contributed by atoms with Crippen molar-refractivity contribution in [3.8, 4) is 5.75 Å². The van der Waals surface area contributed by atoms with Crippen LogP contribution in [0.5, 0.6) is 5.75 Å². The third-order valence-corrected chi connectivity index (χ3v) is 4.02. The predicted octanol–water partition coefficient (Wildman–Crippen LogP) is 2.54. The minimum Gasteiger partial charge on any atom is -0.493 e. The maximum absolute atomic E-state index is 11.9. The number of ether oxygens (including phenoxy) is 2. The molecule has 6 nitrogen and oxygen atoms in total. The van der Waals surface area contributed by atoms with Crippen LogP contribution >= 0.6 is 0 Å². The number of hydrogen-bond donors (Lipinski definition) is 1. The number of amides is 1. The van der Waals surface area contributed by atoms with Gasteiger partial charge in [-0.1, -0.05) is 24.3 Å². The molecule has 0 aliphatic rings. The highest BCUT2D eigenvalue weighted by molar-refractivity contribution is 5.95. The topological polar surface area (TPSA) is 78.6 Å². The van der Waals surface area contributed by atoms with E-state index >= 15 is 0 Å². The zero-order chi connectivity index (χ0) is 19.9. The molecule has 0 aromatic heterocycles. The first kappa shape index (κ1) is 20.5. The van der Waals surface area contributed by atoms with Crippen LogP contribution < -0.4 is 15.0 Å². The van der Waals surface area contributed by atoms with Crippen LogP contribution in [0.15, 0.2) is 48.5 Å². The lowest BCUT2D eigenvalue weighted by atomic mass is 10.1. The fourth-order valence-corrected chi connectivity index (χ4v) is 2.50. The molecule has 144 valence electrons. The van der Waals surface area contributed by atoms with E-state index in [0.29, 0.717) is 24.3 Å². The quantitative estimate of drug-likeness (QED) is 0.417. The number of carbonyl (C=O) groups excluding carboxylic acids is 2. The molecule has 0 spiro atoms. The molecule has 27 heavy (non-hydrogen) atoms. The van der Waals surface area contributed by atoms with Gasteiger partial charge in [0.05, 0.1) is 46.3 Å². The molecule has 0 saturated heterocycles. The van der Waals surface area contributed by atoms with E-state index in [4.69, 9.17) is 15.2 Å². The summed E-state index contributed by atoms with van der Waals surface area (Å²) in [5, 5.41) is 0. The summed E-state index contributed by atoms with van der Waals surface area (Å²) in [6, 6.07) is 14.7. The van der Waals surface area contributed by atoms with Crippen LogP contribution in [-0.2, 0) is 16.0 Å². The van der Waals surface area contributed by atoms with E-state index in [0.717, 1.165) is 10.0 Å². The minimum atomic E-state index is -0.534. The average Bonchev–Trinajstić information content (AvgIpc) is 2.61. The molecule has 2 aromatic carbocycles. The van der Waals surface area contributed by atoms with Crippen LogP contribution in [0.2, 0.25) is 0 Å². The van der Waals surface area contributed by atoms with E-state index < -0.39 is 5.91 Å². The Morgan fingerprint density at radius 3 is 2.26 bits per heavy atom. The molecule has 0 unspecified atom stereocenters. The van der Waals surface area contributed by atoms with Gasteiger partial charge in [-0.05, 0) is 29.8 Å². The van der Waals surface area contributed by atoms with Crippen molar-refractivity contribution in [2.75, 3.05) is 34.4 Å². The van der Waals surface area contributed by atoms with Crippen molar-refractivity contribution in [2.45, 2.75) is 12.8 Å². The highest BCUT2D eigenvalue weighted by Gasteiger charge is 2.12. The second kappa shape index (κ2) is 9.19. The first-order valence-electron chi connectivity index (χ1n) is 8.85. The molecule has 1 amide bonds. The van der Waals surface area contributed by atoms with Gasteiger partial charge in [-0.15, -0.1) is 0 Å². The Balaban J connectivity index is 1.72. The van der Waals surface area contributed by atoms with E-state index in [1.54, 1.807) is 24.3 Å². The number of benzene rings is 2. The summed E-state index contributed by atoms with van der Waals surface area (Å²) in [4.78, 5) is 23.3. The summed E-state index contributed by atoms with van der Waals surface area (Å²) < 4.78 is 11.5. The number of nitrogens with two attached hydrogens (primary N) is 1. The molecule has 0 heterocycles. The Morgan fingerprint density at radius 1 is 0.963 bits per heavy atom. The normalized spacial score (nSPS) is 11.1. The molecule has 0 aliphatic heterocycles. The van der Waals surface area contributed by atoms with Gasteiger partial charge in [0.15, 0.2) is 0 Å². The van der Waals surface area contributed by atoms with Gasteiger partial charge in [0.2, 0.25) is 0 Å². The van der Waals surface area contributed by atoms with E-state index in [9.17, 15) is 9.59 Å². The van der Waals surface area contributed by atoms with Crippen LogP contribution in [0.1, 0.15) is 22.3 Å². The van der Waals surface area contributed by atoms with Gasteiger partial charge < -0.3 is 15.2 Å². The van der Waals surface area contributed by atoms with Crippen molar-refractivity contribution >= 4 is 17.6 Å². The van der Waals surface area contributed by atoms with E-state index in [-0.39, 0.29) is 19.0 Å². The van der Waals surface area contributed by atoms with Crippen molar-refractivity contribution in [1.29, 1.82) is 0 Å². The average molecular weight is 371 g/mol. The van der Waals surface area contributed by atoms with Crippen molar-refractivity contribution in [1.82, 2.24) is 4.48 Å². The molecule has 0 saturated carbocycles. The molecule has 0 bridgehead atoms. The number of carbonyl (C=O) groups is 2. The third-order valence-electron chi connectivity index (χ3n) is 4.02. The highest BCUT2D eigenvalue weighted by atomic mass is 16.5. The number of esters is 1. The fraction of sp³-hybridized carbons (Fsp3) is 0.333. The van der Waals surface area contributed by atoms with Crippen LogP contribution in [0.3, 0.4) is 0 Å². The smallest absolute Gasteiger partial charge is 0.310 e. The standard InChI is InChI=1S/C21H26N2O4/c1-23(2,3)17-11-9-16(10-12-17)15-20(24)27-14-6-13-26-19-8-5-4-7-18(19)21(22)25/h4-5,7-12H,6,13-15H2,1-3H3,(H-,22,25)/p+1. The molecular formula is C21H27N2O4+. The zero-order valence-electron chi connectivity index (χ0n) is 16.1. The molecule has 0 radical (unpaired) electrons. The SMILES string of the molecule is C[N+](C)(C)c1ccc(CC(=O)OCCCOc2ccccc2C(N)=O)cc1. The monoisotopic (exact) mass is 371 g/mol. The first-order chi connectivity index (χ1) is 12.8. The number of para-hydroxylation sites is 1. The van der Waals surface area contributed by atoms with Gasteiger partial charge in [-0.25, -0.2) is 0 Å². The van der Waals surface area contributed by atoms with E-state index in [1.807, 2.05) is 24.3 Å². The Morgan fingerprint density at radius 2 is 1.63 bits per heavy atom. The van der Waals surface area contributed by atoms with Gasteiger partial charge in [-0.2, -0.15) is 0 Å². The maximum atomic E-state index is 11.9. The number of hydrogen-bond acceptors (Lipinski definition) is 4. The lowest BCUT2D eigenvalue weighted by Crippen LogP contribution is -2.34. The van der Waals surface area contributed by atoms with Crippen LogP contribution in [-0.4, -0.2) is 46.2 Å². The fourth-order valence-electron chi connectivity index (χ4n) is 2.50. The summed E-state index contributed by atoms with van der Waals surface area (Å²) in [7, 11) is 6.27. The second-order valence-electron chi connectivity index (χ2n) is 7.14. The van der Waals surface area contributed by atoms with E-state index in [2.05, 4.69) is 21.1 Å². The second-order valence-corrected chi connectivity index (χ2v) is 7.14. The van der Waals surface area contributed by atoms with Gasteiger partial charge in [0.25, 0.3) is 5.91 Å². The zero-order valence-corrected chi connectivity index (χ0v) is 16.1. The third kappa shape index (κ3) is 6.42. The summed E-state index contributed by atoms with van der Waals surface area (Å²) in [5.41, 5.74) is 7.73. The van der Waals surface area contributed by atoms with Crippen molar-refractivity contribution < 1.29 is 19.1 Å². The Hall–Kier alpha value is -2.86. The van der Waals surface area contributed by atoms with Crippen LogP contribution in [0, 0.1) is 0 Å². The number of rotatable bonds is 9. The summed E-state index contributed by atoms with van der Waals surface area (Å²) >= 11 is 0. The summed E-state index contributed by atoms with van der Waals surface area (Å²) in [5.74, 6) is -0.368. The lowest BCUT2D eigenvalue weighted by Gasteiger charge is -2.23. The molecule has 2 rings (SSSR count). The van der Waals surface area contributed by atoms with Crippen molar-refractivity contribution in [2.24, 2.45) is 5.73 Å². The molecule has 0 fully saturated rings. The number of quaternary nitrogens is 1. The number of nitrogens with zero attached hydrogens (tertiary/aromatic N) is 1. The minimum absolute atomic E-state index is 0.239. The van der Waals surface area contributed by atoms with Crippen LogP contribution in [0.25, 0.3) is 0 Å². The first-order valence-corrected chi connectivity index (χ1v) is 8.85. The van der Waals surface area contributed by atoms with Crippen molar-refractivity contribution in [3.63, 3.8) is 0 Å². The van der Waals surface area contributed by atoms with Gasteiger partial charge in [0.1, 0.15) is 11.4 Å². The maximum Gasteiger partial charge on any atom is 0.310 e. The molecule has 2 aromatic rings. The molecule has 0 atom stereocenters. The Labute approximate surface area is 160 Å². The molecule has 2 N–H and O–H groups in total.